The lowest BCUT2D eigenvalue weighted by molar-refractivity contribution is 0.0526. The van der Waals surface area contributed by atoms with Gasteiger partial charge >= 0.3 is 5.97 Å². The third-order valence-electron chi connectivity index (χ3n) is 1.62. The molecule has 0 bridgehead atoms. The van der Waals surface area contributed by atoms with E-state index < -0.39 is 5.97 Å². The number of halogens is 1. The Hall–Kier alpha value is -1.22. The predicted octanol–water partition coefficient (Wildman–Crippen LogP) is 2.53. The first kappa shape index (κ1) is 10.9. The van der Waals surface area contributed by atoms with Crippen LogP contribution in [0.25, 0.3) is 0 Å². The summed E-state index contributed by atoms with van der Waals surface area (Å²) in [4.78, 5) is 11.3. The molecule has 0 spiro atoms. The Morgan fingerprint density at radius 1 is 1.43 bits per heavy atom. The molecule has 1 aromatic rings. The van der Waals surface area contributed by atoms with E-state index in [0.717, 1.165) is 0 Å². The van der Waals surface area contributed by atoms with Crippen LogP contribution < -0.4 is 4.74 Å². The molecule has 0 saturated heterocycles. The summed E-state index contributed by atoms with van der Waals surface area (Å²) in [6.07, 6.45) is 0. The molecule has 0 fully saturated rings. The highest BCUT2D eigenvalue weighted by Crippen LogP contribution is 2.21. The highest BCUT2D eigenvalue weighted by Gasteiger charge is 2.08. The first-order valence-electron chi connectivity index (χ1n) is 4.19. The minimum atomic E-state index is -0.395. The van der Waals surface area contributed by atoms with Gasteiger partial charge in [0.2, 0.25) is 0 Å². The maximum atomic E-state index is 11.3. The maximum absolute atomic E-state index is 11.3. The molecule has 14 heavy (non-hydrogen) atoms. The van der Waals surface area contributed by atoms with E-state index in [1.807, 2.05) is 0 Å². The quantitative estimate of drug-likeness (QED) is 0.726. The molecule has 0 aliphatic heterocycles. The Morgan fingerprint density at radius 2 is 2.14 bits per heavy atom. The number of rotatable bonds is 3. The Kier molecular flexibility index (Phi) is 3.77. The molecule has 0 radical (unpaired) electrons. The van der Waals surface area contributed by atoms with Crippen molar-refractivity contribution in [3.8, 4) is 5.75 Å². The Morgan fingerprint density at radius 3 is 2.71 bits per heavy atom. The monoisotopic (exact) mass is 214 g/mol. The van der Waals surface area contributed by atoms with Crippen molar-refractivity contribution in [3.05, 3.63) is 28.8 Å². The summed E-state index contributed by atoms with van der Waals surface area (Å²) in [5.41, 5.74) is 0.399. The van der Waals surface area contributed by atoms with Crippen molar-refractivity contribution < 1.29 is 14.3 Å². The van der Waals surface area contributed by atoms with Gasteiger partial charge in [0.05, 0.1) is 19.3 Å². The third kappa shape index (κ3) is 2.64. The highest BCUT2D eigenvalue weighted by molar-refractivity contribution is 6.31. The maximum Gasteiger partial charge on any atom is 0.338 e. The second-order valence-electron chi connectivity index (χ2n) is 2.60. The lowest BCUT2D eigenvalue weighted by Crippen LogP contribution is -2.04. The molecule has 0 saturated carbocycles. The third-order valence-corrected chi connectivity index (χ3v) is 1.84. The zero-order valence-electron chi connectivity index (χ0n) is 8.04. The van der Waals surface area contributed by atoms with Crippen LogP contribution in [0.1, 0.15) is 17.3 Å². The van der Waals surface area contributed by atoms with Gasteiger partial charge in [-0.1, -0.05) is 11.6 Å². The SMILES string of the molecule is CCOC(=O)c1cc(Cl)cc(OC)c1. The number of benzene rings is 1. The van der Waals surface area contributed by atoms with Gasteiger partial charge < -0.3 is 9.47 Å². The molecule has 0 unspecified atom stereocenters. The van der Waals surface area contributed by atoms with Gasteiger partial charge in [-0.3, -0.25) is 0 Å². The van der Waals surface area contributed by atoms with E-state index in [9.17, 15) is 4.79 Å². The minimum Gasteiger partial charge on any atom is -0.497 e. The number of carbonyl (C=O) groups excluding carboxylic acids is 1. The lowest BCUT2D eigenvalue weighted by Gasteiger charge is -2.05. The topological polar surface area (TPSA) is 35.5 Å². The van der Waals surface area contributed by atoms with Crippen LogP contribution in [0.2, 0.25) is 5.02 Å². The van der Waals surface area contributed by atoms with Gasteiger partial charge in [-0.05, 0) is 25.1 Å². The number of hydrogen-bond donors (Lipinski definition) is 0. The van der Waals surface area contributed by atoms with Crippen molar-refractivity contribution in [2.24, 2.45) is 0 Å². The summed E-state index contributed by atoms with van der Waals surface area (Å²) in [5, 5.41) is 0.451. The van der Waals surface area contributed by atoms with Gasteiger partial charge in [0.15, 0.2) is 0 Å². The summed E-state index contributed by atoms with van der Waals surface area (Å²) in [5.74, 6) is 0.147. The number of methoxy groups -OCH3 is 1. The molecule has 3 nitrogen and oxygen atoms in total. The first-order valence-corrected chi connectivity index (χ1v) is 4.57. The van der Waals surface area contributed by atoms with Crippen molar-refractivity contribution in [1.29, 1.82) is 0 Å². The van der Waals surface area contributed by atoms with E-state index in [0.29, 0.717) is 22.9 Å². The van der Waals surface area contributed by atoms with E-state index in [2.05, 4.69) is 0 Å². The number of hydrogen-bond acceptors (Lipinski definition) is 3. The number of ether oxygens (including phenoxy) is 2. The first-order chi connectivity index (χ1) is 6.67. The number of esters is 1. The molecule has 4 heteroatoms. The van der Waals surface area contributed by atoms with Crippen LogP contribution in [-0.2, 0) is 4.74 Å². The van der Waals surface area contributed by atoms with Crippen LogP contribution in [0.5, 0.6) is 5.75 Å². The molecule has 0 atom stereocenters. The fourth-order valence-electron chi connectivity index (χ4n) is 1.01. The molecule has 0 aliphatic rings. The standard InChI is InChI=1S/C10H11ClO3/c1-3-14-10(12)7-4-8(11)6-9(5-7)13-2/h4-6H,3H2,1-2H3. The smallest absolute Gasteiger partial charge is 0.338 e. The van der Waals surface area contributed by atoms with Crippen LogP contribution in [0, 0.1) is 0 Å². The Labute approximate surface area is 87.6 Å². The van der Waals surface area contributed by atoms with E-state index in [4.69, 9.17) is 21.1 Å². The summed E-state index contributed by atoms with van der Waals surface area (Å²) in [6, 6.07) is 4.76. The lowest BCUT2D eigenvalue weighted by atomic mass is 10.2. The second-order valence-corrected chi connectivity index (χ2v) is 3.04. The molecule has 0 heterocycles. The zero-order valence-corrected chi connectivity index (χ0v) is 8.80. The van der Waals surface area contributed by atoms with Crippen LogP contribution in [0.3, 0.4) is 0 Å². The molecule has 0 amide bonds. The summed E-state index contributed by atoms with van der Waals surface area (Å²) < 4.78 is 9.80. The van der Waals surface area contributed by atoms with Gasteiger partial charge in [0, 0.05) is 5.02 Å². The van der Waals surface area contributed by atoms with Crippen LogP contribution in [0.15, 0.2) is 18.2 Å². The van der Waals surface area contributed by atoms with E-state index >= 15 is 0 Å². The van der Waals surface area contributed by atoms with Crippen molar-refractivity contribution in [3.63, 3.8) is 0 Å². The molecule has 0 aromatic heterocycles. The van der Waals surface area contributed by atoms with Crippen LogP contribution >= 0.6 is 11.6 Å². The number of carbonyl (C=O) groups is 1. The molecule has 76 valence electrons. The summed E-state index contributed by atoms with van der Waals surface area (Å²) >= 11 is 5.79. The summed E-state index contributed by atoms with van der Waals surface area (Å²) in [6.45, 7) is 2.09. The fourth-order valence-corrected chi connectivity index (χ4v) is 1.24. The molecule has 1 aromatic carbocycles. The van der Waals surface area contributed by atoms with E-state index in [-0.39, 0.29) is 0 Å². The van der Waals surface area contributed by atoms with Crippen molar-refractivity contribution >= 4 is 17.6 Å². The van der Waals surface area contributed by atoms with Crippen molar-refractivity contribution in [2.75, 3.05) is 13.7 Å². The Balaban J connectivity index is 2.96. The molecular formula is C10H11ClO3. The minimum absolute atomic E-state index is 0.341. The molecule has 1 rings (SSSR count). The zero-order chi connectivity index (χ0) is 10.6. The van der Waals surface area contributed by atoms with Crippen molar-refractivity contribution in [2.45, 2.75) is 6.92 Å². The van der Waals surface area contributed by atoms with Gasteiger partial charge in [-0.2, -0.15) is 0 Å². The average molecular weight is 215 g/mol. The predicted molar refractivity (Wildman–Crippen MR) is 54.0 cm³/mol. The van der Waals surface area contributed by atoms with E-state index in [1.54, 1.807) is 25.1 Å². The average Bonchev–Trinajstić information content (AvgIpc) is 2.17. The van der Waals surface area contributed by atoms with Gasteiger partial charge in [-0.25, -0.2) is 4.79 Å². The molecule has 0 aliphatic carbocycles. The van der Waals surface area contributed by atoms with Crippen LogP contribution in [0.4, 0.5) is 0 Å². The highest BCUT2D eigenvalue weighted by atomic mass is 35.5. The van der Waals surface area contributed by atoms with Gasteiger partial charge in [-0.15, -0.1) is 0 Å². The van der Waals surface area contributed by atoms with E-state index in [1.165, 1.54) is 7.11 Å². The molecular weight excluding hydrogens is 204 g/mol. The summed E-state index contributed by atoms with van der Waals surface area (Å²) in [7, 11) is 1.51. The Bertz CT molecular complexity index is 336. The fraction of sp³-hybridized carbons (Fsp3) is 0.300. The van der Waals surface area contributed by atoms with Gasteiger partial charge in [0.25, 0.3) is 0 Å². The normalized spacial score (nSPS) is 9.64. The van der Waals surface area contributed by atoms with Crippen LogP contribution in [-0.4, -0.2) is 19.7 Å². The second kappa shape index (κ2) is 4.86. The van der Waals surface area contributed by atoms with Gasteiger partial charge in [0.1, 0.15) is 5.75 Å². The largest absolute Gasteiger partial charge is 0.497 e. The van der Waals surface area contributed by atoms with Crippen molar-refractivity contribution in [1.82, 2.24) is 0 Å². The molecule has 0 N–H and O–H groups in total.